The molecule has 2 aromatic carbocycles. The Bertz CT molecular complexity index is 966. The molecule has 0 saturated heterocycles. The summed E-state index contributed by atoms with van der Waals surface area (Å²) in [6.07, 6.45) is 2.19. The minimum absolute atomic E-state index is 0.391. The minimum atomic E-state index is 0.391. The van der Waals surface area contributed by atoms with Crippen molar-refractivity contribution in [2.24, 2.45) is 7.05 Å². The zero-order valence-electron chi connectivity index (χ0n) is 12.1. The molecule has 0 unspecified atom stereocenters. The number of hydrogen-bond donors (Lipinski definition) is 0. The standard InChI is InChI=1S/C19H16NSe/c1-13-7-3-4-8-14(13)18-19-16(11-12-20(18)2)15-9-5-6-10-17(15)21-19/h3-12H,1-2H3/q+1. The topological polar surface area (TPSA) is 3.88 Å². The maximum atomic E-state index is 2.27. The van der Waals surface area contributed by atoms with Crippen LogP contribution in [0.1, 0.15) is 5.56 Å². The maximum absolute atomic E-state index is 2.27. The van der Waals surface area contributed by atoms with E-state index in [2.05, 4.69) is 79.3 Å². The van der Waals surface area contributed by atoms with Crippen LogP contribution in [0.3, 0.4) is 0 Å². The third kappa shape index (κ3) is 1.95. The SMILES string of the molecule is Cc1ccccc1-c1c2[se]c3ccccc3c2cc[n+]1C. The molecule has 1 nitrogen and oxygen atoms in total. The Hall–Kier alpha value is -1.89. The Morgan fingerprint density at radius 2 is 1.62 bits per heavy atom. The Morgan fingerprint density at radius 1 is 0.857 bits per heavy atom. The van der Waals surface area contributed by atoms with Gasteiger partial charge in [0, 0.05) is 0 Å². The summed E-state index contributed by atoms with van der Waals surface area (Å²) in [6.45, 7) is 2.20. The molecule has 4 rings (SSSR count). The Kier molecular flexibility index (Phi) is 2.95. The Balaban J connectivity index is 2.18. The van der Waals surface area contributed by atoms with Gasteiger partial charge in [0.1, 0.15) is 0 Å². The summed E-state index contributed by atoms with van der Waals surface area (Å²) in [7, 11) is 2.15. The van der Waals surface area contributed by atoms with Crippen molar-refractivity contribution in [2.75, 3.05) is 0 Å². The van der Waals surface area contributed by atoms with Gasteiger partial charge in [-0.3, -0.25) is 0 Å². The predicted molar refractivity (Wildman–Crippen MR) is 89.7 cm³/mol. The van der Waals surface area contributed by atoms with Crippen LogP contribution in [0.4, 0.5) is 0 Å². The number of benzene rings is 2. The third-order valence-electron chi connectivity index (χ3n) is 4.07. The predicted octanol–water partition coefficient (Wildman–Crippen LogP) is 3.85. The Morgan fingerprint density at radius 3 is 2.48 bits per heavy atom. The van der Waals surface area contributed by atoms with Gasteiger partial charge in [-0.2, -0.15) is 0 Å². The van der Waals surface area contributed by atoms with E-state index in [1.165, 1.54) is 36.1 Å². The fraction of sp³-hybridized carbons (Fsp3) is 0.105. The van der Waals surface area contributed by atoms with Gasteiger partial charge in [0.2, 0.25) is 0 Å². The van der Waals surface area contributed by atoms with Crippen LogP contribution < -0.4 is 4.57 Å². The molecule has 0 saturated carbocycles. The van der Waals surface area contributed by atoms with Crippen LogP contribution in [-0.4, -0.2) is 14.5 Å². The molecule has 2 heterocycles. The van der Waals surface area contributed by atoms with Crippen molar-refractivity contribution in [3.8, 4) is 11.3 Å². The molecule has 0 atom stereocenters. The van der Waals surface area contributed by atoms with Crippen molar-refractivity contribution in [3.63, 3.8) is 0 Å². The van der Waals surface area contributed by atoms with E-state index >= 15 is 0 Å². The van der Waals surface area contributed by atoms with Crippen LogP contribution in [0.25, 0.3) is 30.6 Å². The molecule has 0 spiro atoms. The number of aromatic nitrogens is 1. The van der Waals surface area contributed by atoms with E-state index < -0.39 is 0 Å². The summed E-state index contributed by atoms with van der Waals surface area (Å²) in [6, 6.07) is 19.8. The first-order valence-electron chi connectivity index (χ1n) is 7.11. The van der Waals surface area contributed by atoms with E-state index in [1.807, 2.05) is 0 Å². The summed E-state index contributed by atoms with van der Waals surface area (Å²) in [4.78, 5) is 0. The van der Waals surface area contributed by atoms with Crippen LogP contribution in [0.2, 0.25) is 0 Å². The van der Waals surface area contributed by atoms with Gasteiger partial charge in [-0.05, 0) is 0 Å². The van der Waals surface area contributed by atoms with E-state index in [9.17, 15) is 0 Å². The number of hydrogen-bond acceptors (Lipinski definition) is 0. The zero-order valence-corrected chi connectivity index (χ0v) is 13.8. The fourth-order valence-corrected chi connectivity index (χ4v) is 5.69. The fourth-order valence-electron chi connectivity index (χ4n) is 2.98. The summed E-state index contributed by atoms with van der Waals surface area (Å²) in [5.74, 6) is 0. The van der Waals surface area contributed by atoms with Crippen molar-refractivity contribution in [1.29, 1.82) is 0 Å². The average molecular weight is 337 g/mol. The van der Waals surface area contributed by atoms with Crippen LogP contribution in [-0.2, 0) is 7.05 Å². The zero-order chi connectivity index (χ0) is 14.4. The molecule has 0 aliphatic carbocycles. The number of aryl methyl sites for hydroxylation is 2. The molecule has 0 bridgehead atoms. The average Bonchev–Trinajstić information content (AvgIpc) is 2.87. The van der Waals surface area contributed by atoms with Gasteiger partial charge in [0.25, 0.3) is 0 Å². The van der Waals surface area contributed by atoms with E-state index in [0.717, 1.165) is 0 Å². The van der Waals surface area contributed by atoms with Crippen LogP contribution in [0, 0.1) is 6.92 Å². The van der Waals surface area contributed by atoms with Gasteiger partial charge in [-0.15, -0.1) is 0 Å². The molecule has 0 aliphatic heterocycles. The van der Waals surface area contributed by atoms with Crippen LogP contribution in [0.15, 0.2) is 60.8 Å². The first kappa shape index (κ1) is 12.8. The van der Waals surface area contributed by atoms with Crippen molar-refractivity contribution in [3.05, 3.63) is 66.4 Å². The van der Waals surface area contributed by atoms with Crippen molar-refractivity contribution >= 4 is 33.8 Å². The van der Waals surface area contributed by atoms with Crippen LogP contribution in [0.5, 0.6) is 0 Å². The molecular formula is C19H16NSe+. The van der Waals surface area contributed by atoms with Gasteiger partial charge < -0.3 is 0 Å². The van der Waals surface area contributed by atoms with Gasteiger partial charge in [-0.25, -0.2) is 0 Å². The summed E-state index contributed by atoms with van der Waals surface area (Å²) in [5, 5.41) is 2.84. The van der Waals surface area contributed by atoms with Crippen molar-refractivity contribution < 1.29 is 4.57 Å². The molecular weight excluding hydrogens is 321 g/mol. The van der Waals surface area contributed by atoms with Crippen LogP contribution >= 0.6 is 0 Å². The number of rotatable bonds is 1. The van der Waals surface area contributed by atoms with Crippen molar-refractivity contribution in [2.45, 2.75) is 6.92 Å². The monoisotopic (exact) mass is 338 g/mol. The number of nitrogens with zero attached hydrogens (tertiary/aromatic N) is 1. The van der Waals surface area contributed by atoms with E-state index in [-0.39, 0.29) is 0 Å². The van der Waals surface area contributed by atoms with Gasteiger partial charge in [0.05, 0.1) is 0 Å². The first-order valence-corrected chi connectivity index (χ1v) is 8.83. The molecule has 4 aromatic rings. The molecule has 0 radical (unpaired) electrons. The van der Waals surface area contributed by atoms with Gasteiger partial charge >= 0.3 is 130 Å². The van der Waals surface area contributed by atoms with Gasteiger partial charge in [-0.1, -0.05) is 0 Å². The molecule has 0 fully saturated rings. The summed E-state index contributed by atoms with van der Waals surface area (Å²) < 4.78 is 5.29. The summed E-state index contributed by atoms with van der Waals surface area (Å²) in [5.41, 5.74) is 4.07. The Labute approximate surface area is 130 Å². The molecule has 102 valence electrons. The number of fused-ring (bicyclic) bond motifs is 3. The second kappa shape index (κ2) is 4.84. The van der Waals surface area contributed by atoms with Gasteiger partial charge in [0.15, 0.2) is 0 Å². The number of pyridine rings is 1. The molecule has 2 heteroatoms. The van der Waals surface area contributed by atoms with E-state index in [0.29, 0.717) is 14.5 Å². The summed E-state index contributed by atoms with van der Waals surface area (Å²) >= 11 is 0.391. The normalized spacial score (nSPS) is 11.3. The molecule has 21 heavy (non-hydrogen) atoms. The molecule has 0 amide bonds. The molecule has 2 aromatic heterocycles. The van der Waals surface area contributed by atoms with Crippen molar-refractivity contribution in [1.82, 2.24) is 0 Å². The van der Waals surface area contributed by atoms with E-state index in [1.54, 1.807) is 0 Å². The third-order valence-corrected chi connectivity index (χ3v) is 6.57. The second-order valence-corrected chi connectivity index (χ2v) is 7.64. The molecule has 0 aliphatic rings. The van der Waals surface area contributed by atoms with E-state index in [4.69, 9.17) is 0 Å². The first-order chi connectivity index (χ1) is 10.3. The quantitative estimate of drug-likeness (QED) is 0.367. The second-order valence-electron chi connectivity index (χ2n) is 5.43. The molecule has 0 N–H and O–H groups in total.